The molecule has 0 radical (unpaired) electrons. The molecule has 1 rings (SSSR count). The first-order valence-electron chi connectivity index (χ1n) is 5.36. The van der Waals surface area contributed by atoms with Crippen molar-refractivity contribution in [3.05, 3.63) is 0 Å². The Balaban J connectivity index is 2.55. The van der Waals surface area contributed by atoms with Gasteiger partial charge in [0.25, 0.3) is 0 Å². The predicted molar refractivity (Wildman–Crippen MR) is 56.4 cm³/mol. The van der Waals surface area contributed by atoms with E-state index in [9.17, 15) is 9.59 Å². The molecule has 0 aromatic rings. The molecule has 0 spiro atoms. The van der Waals surface area contributed by atoms with Gasteiger partial charge >= 0.3 is 0 Å². The van der Waals surface area contributed by atoms with Crippen LogP contribution in [-0.2, 0) is 14.3 Å². The second-order valence-corrected chi connectivity index (χ2v) is 4.35. The summed E-state index contributed by atoms with van der Waals surface area (Å²) in [6.45, 7) is 7.45. The molecule has 4 nitrogen and oxygen atoms in total. The van der Waals surface area contributed by atoms with Crippen molar-refractivity contribution >= 4 is 11.7 Å². The van der Waals surface area contributed by atoms with Crippen molar-refractivity contribution in [3.8, 4) is 0 Å². The molecule has 0 bridgehead atoms. The molecule has 1 fully saturated rings. The Morgan fingerprint density at radius 1 is 1.20 bits per heavy atom. The molecule has 1 aliphatic heterocycles. The zero-order valence-electron chi connectivity index (χ0n) is 9.74. The maximum atomic E-state index is 11.8. The van der Waals surface area contributed by atoms with Crippen LogP contribution >= 0.6 is 0 Å². The normalized spacial score (nSPS) is 35.2. The van der Waals surface area contributed by atoms with Gasteiger partial charge in [-0.15, -0.1) is 0 Å². The van der Waals surface area contributed by atoms with Crippen LogP contribution in [0.4, 0.5) is 0 Å². The van der Waals surface area contributed by atoms with Crippen molar-refractivity contribution in [2.45, 2.75) is 39.9 Å². The monoisotopic (exact) mass is 213 g/mol. The number of Topliss-reactive ketones (excluding diaryl/α,β-unsaturated/α-hetero) is 1. The average molecular weight is 213 g/mol. The van der Waals surface area contributed by atoms with Crippen LogP contribution in [0.15, 0.2) is 0 Å². The van der Waals surface area contributed by atoms with Gasteiger partial charge in [0.2, 0.25) is 5.91 Å². The van der Waals surface area contributed by atoms with E-state index in [0.29, 0.717) is 0 Å². The van der Waals surface area contributed by atoms with Crippen molar-refractivity contribution in [1.29, 1.82) is 0 Å². The van der Waals surface area contributed by atoms with E-state index >= 15 is 0 Å². The maximum absolute atomic E-state index is 11.8. The van der Waals surface area contributed by atoms with Crippen LogP contribution in [0.25, 0.3) is 0 Å². The molecule has 1 amide bonds. The molecule has 4 heteroatoms. The number of nitrogens with one attached hydrogen (secondary N) is 1. The van der Waals surface area contributed by atoms with Crippen LogP contribution in [0.5, 0.6) is 0 Å². The maximum Gasteiger partial charge on any atom is 0.226 e. The fourth-order valence-corrected chi connectivity index (χ4v) is 2.05. The van der Waals surface area contributed by atoms with Crippen LogP contribution in [0.1, 0.15) is 27.7 Å². The summed E-state index contributed by atoms with van der Waals surface area (Å²) in [5.41, 5.74) is 0. The lowest BCUT2D eigenvalue weighted by atomic mass is 9.89. The van der Waals surface area contributed by atoms with Crippen molar-refractivity contribution < 1.29 is 14.3 Å². The van der Waals surface area contributed by atoms with Gasteiger partial charge in [-0.3, -0.25) is 9.59 Å². The summed E-state index contributed by atoms with van der Waals surface area (Å²) in [5, 5.41) is 2.64. The zero-order valence-corrected chi connectivity index (χ0v) is 9.74. The molecular weight excluding hydrogens is 194 g/mol. The molecule has 0 aliphatic carbocycles. The van der Waals surface area contributed by atoms with Gasteiger partial charge in [0, 0.05) is 0 Å². The van der Waals surface area contributed by atoms with E-state index < -0.39 is 0 Å². The number of rotatable bonds is 3. The summed E-state index contributed by atoms with van der Waals surface area (Å²) in [6.07, 6.45) is 0.0371. The van der Waals surface area contributed by atoms with Crippen molar-refractivity contribution in [2.24, 2.45) is 11.8 Å². The number of ether oxygens (including phenoxy) is 1. The third-order valence-electron chi connectivity index (χ3n) is 3.06. The number of ketones is 1. The highest BCUT2D eigenvalue weighted by molar-refractivity contribution is 5.86. The van der Waals surface area contributed by atoms with Gasteiger partial charge in [-0.1, -0.05) is 6.92 Å². The summed E-state index contributed by atoms with van der Waals surface area (Å²) in [5.74, 6) is -0.0449. The van der Waals surface area contributed by atoms with E-state index in [2.05, 4.69) is 5.32 Å². The zero-order chi connectivity index (χ0) is 11.6. The Kier molecular flexibility index (Phi) is 3.85. The highest BCUT2D eigenvalue weighted by Gasteiger charge is 2.41. The second kappa shape index (κ2) is 4.75. The minimum Gasteiger partial charge on any atom is -0.374 e. The number of hydrogen-bond donors (Lipinski definition) is 1. The molecule has 4 unspecified atom stereocenters. The Morgan fingerprint density at radius 3 is 2.20 bits per heavy atom. The first-order valence-corrected chi connectivity index (χ1v) is 5.36. The molecule has 1 N–H and O–H groups in total. The summed E-state index contributed by atoms with van der Waals surface area (Å²) in [6, 6.07) is 0. The Morgan fingerprint density at radius 2 is 1.80 bits per heavy atom. The number of carbonyl (C=O) groups is 2. The Labute approximate surface area is 90.4 Å². The largest absolute Gasteiger partial charge is 0.374 e. The average Bonchev–Trinajstić information content (AvgIpc) is 2.37. The van der Waals surface area contributed by atoms with Gasteiger partial charge in [-0.05, 0) is 26.7 Å². The van der Waals surface area contributed by atoms with Crippen LogP contribution in [0, 0.1) is 11.8 Å². The number of hydrogen-bond acceptors (Lipinski definition) is 3. The molecule has 0 saturated carbocycles. The molecule has 1 aliphatic rings. The number of carbonyl (C=O) groups excluding carboxylic acids is 2. The highest BCUT2D eigenvalue weighted by Crippen LogP contribution is 2.31. The van der Waals surface area contributed by atoms with Gasteiger partial charge < -0.3 is 10.1 Å². The smallest absolute Gasteiger partial charge is 0.226 e. The molecule has 1 saturated heterocycles. The Hall–Kier alpha value is -0.900. The van der Waals surface area contributed by atoms with Crippen molar-refractivity contribution in [2.75, 3.05) is 6.54 Å². The quantitative estimate of drug-likeness (QED) is 0.752. The van der Waals surface area contributed by atoms with Crippen molar-refractivity contribution in [3.63, 3.8) is 0 Å². The van der Waals surface area contributed by atoms with E-state index in [4.69, 9.17) is 4.74 Å². The molecule has 4 atom stereocenters. The fourth-order valence-electron chi connectivity index (χ4n) is 2.05. The SMILES string of the molecule is CC(=O)CNC(=O)C1C(C)OC(C)C1C. The minimum absolute atomic E-state index is 0.0318. The molecule has 0 aromatic carbocycles. The molecule has 1 heterocycles. The summed E-state index contributed by atoms with van der Waals surface area (Å²) in [4.78, 5) is 22.5. The lowest BCUT2D eigenvalue weighted by molar-refractivity contribution is -0.129. The summed E-state index contributed by atoms with van der Waals surface area (Å²) in [7, 11) is 0. The van der Waals surface area contributed by atoms with E-state index in [-0.39, 0.29) is 42.3 Å². The van der Waals surface area contributed by atoms with Crippen LogP contribution in [0.2, 0.25) is 0 Å². The minimum atomic E-state index is -0.139. The van der Waals surface area contributed by atoms with Gasteiger partial charge in [0.05, 0.1) is 24.7 Å². The van der Waals surface area contributed by atoms with Gasteiger partial charge in [0.15, 0.2) is 0 Å². The Bertz CT molecular complexity index is 265. The topological polar surface area (TPSA) is 55.4 Å². The molecular formula is C11H19NO3. The summed E-state index contributed by atoms with van der Waals surface area (Å²) < 4.78 is 5.57. The lowest BCUT2D eigenvalue weighted by Gasteiger charge is -2.17. The predicted octanol–water partition coefficient (Wildman–Crippen LogP) is 0.751. The molecule has 86 valence electrons. The van der Waals surface area contributed by atoms with E-state index in [0.717, 1.165) is 0 Å². The third-order valence-corrected chi connectivity index (χ3v) is 3.06. The lowest BCUT2D eigenvalue weighted by Crippen LogP contribution is -2.39. The standard InChI is InChI=1S/C11H19NO3/c1-6(13)5-12-11(14)10-7(2)8(3)15-9(10)4/h7-10H,5H2,1-4H3,(H,12,14). The fraction of sp³-hybridized carbons (Fsp3) is 0.818. The van der Waals surface area contributed by atoms with Crippen LogP contribution in [-0.4, -0.2) is 30.4 Å². The van der Waals surface area contributed by atoms with E-state index in [1.165, 1.54) is 6.92 Å². The van der Waals surface area contributed by atoms with Crippen molar-refractivity contribution in [1.82, 2.24) is 5.32 Å². The summed E-state index contributed by atoms with van der Waals surface area (Å²) >= 11 is 0. The van der Waals surface area contributed by atoms with Gasteiger partial charge in [-0.2, -0.15) is 0 Å². The van der Waals surface area contributed by atoms with Gasteiger partial charge in [0.1, 0.15) is 5.78 Å². The first kappa shape index (κ1) is 12.2. The third kappa shape index (κ3) is 2.78. The van der Waals surface area contributed by atoms with E-state index in [1.807, 2.05) is 20.8 Å². The van der Waals surface area contributed by atoms with E-state index in [1.54, 1.807) is 0 Å². The van der Waals surface area contributed by atoms with Crippen LogP contribution < -0.4 is 5.32 Å². The molecule has 0 aromatic heterocycles. The first-order chi connectivity index (χ1) is 6.93. The van der Waals surface area contributed by atoms with Gasteiger partial charge in [-0.25, -0.2) is 0 Å². The molecule has 15 heavy (non-hydrogen) atoms. The number of amides is 1. The second-order valence-electron chi connectivity index (χ2n) is 4.35. The highest BCUT2D eigenvalue weighted by atomic mass is 16.5. The van der Waals surface area contributed by atoms with Crippen LogP contribution in [0.3, 0.4) is 0 Å².